The highest BCUT2D eigenvalue weighted by Gasteiger charge is 2.49. The zero-order valence-electron chi connectivity index (χ0n) is 15.0. The van der Waals surface area contributed by atoms with Crippen molar-refractivity contribution in [3.8, 4) is 5.75 Å². The number of ether oxygens (including phenoxy) is 1. The summed E-state index contributed by atoms with van der Waals surface area (Å²) in [4.78, 5) is 0. The number of benzene rings is 1. The minimum absolute atomic E-state index is 0.108. The minimum Gasteiger partial charge on any atom is -0.497 e. The first-order valence-corrected chi connectivity index (χ1v) is 8.21. The van der Waals surface area contributed by atoms with E-state index in [1.54, 1.807) is 52.1 Å². The van der Waals surface area contributed by atoms with Crippen molar-refractivity contribution in [2.24, 2.45) is 0 Å². The van der Waals surface area contributed by atoms with Gasteiger partial charge in [0.25, 0.3) is 0 Å². The summed E-state index contributed by atoms with van der Waals surface area (Å²) in [6, 6.07) is 7.05. The van der Waals surface area contributed by atoms with Gasteiger partial charge >= 0.3 is 13.3 Å². The molecule has 5 nitrogen and oxygen atoms in total. The number of nitrogens with zero attached hydrogens (tertiary/aromatic N) is 2. The molecule has 1 atom stereocenters. The summed E-state index contributed by atoms with van der Waals surface area (Å²) < 4.78 is 57.9. The third kappa shape index (κ3) is 3.73. The number of alkyl halides is 3. The Balaban J connectivity index is 1.89. The fourth-order valence-electron chi connectivity index (χ4n) is 2.71. The maximum Gasteiger partial charge on any atom is 0.498 e. The molecule has 1 saturated heterocycles. The number of hydrogen-bond acceptors (Lipinski definition) is 4. The molecule has 1 fully saturated rings. The van der Waals surface area contributed by atoms with E-state index < -0.39 is 24.6 Å². The Morgan fingerprint density at radius 1 is 1.27 bits per heavy atom. The molecule has 2 heterocycles. The fraction of sp³-hybridized carbons (Fsp3) is 0.471. The Morgan fingerprint density at radius 3 is 2.42 bits per heavy atom. The van der Waals surface area contributed by atoms with E-state index in [9.17, 15) is 13.2 Å². The van der Waals surface area contributed by atoms with E-state index in [1.807, 2.05) is 0 Å². The van der Waals surface area contributed by atoms with Crippen LogP contribution in [-0.4, -0.2) is 35.7 Å². The Morgan fingerprint density at radius 2 is 1.92 bits per heavy atom. The third-order valence-electron chi connectivity index (χ3n) is 4.53. The Labute approximate surface area is 150 Å². The van der Waals surface area contributed by atoms with Crippen LogP contribution < -0.4 is 10.2 Å². The van der Waals surface area contributed by atoms with Crippen molar-refractivity contribution < 1.29 is 27.2 Å². The van der Waals surface area contributed by atoms with E-state index in [0.717, 1.165) is 5.56 Å². The highest BCUT2D eigenvalue weighted by atomic mass is 19.4. The van der Waals surface area contributed by atoms with Gasteiger partial charge in [0.15, 0.2) is 5.69 Å². The van der Waals surface area contributed by atoms with Crippen molar-refractivity contribution in [2.75, 3.05) is 7.11 Å². The number of aromatic nitrogens is 2. The van der Waals surface area contributed by atoms with E-state index in [2.05, 4.69) is 5.10 Å². The lowest BCUT2D eigenvalue weighted by Crippen LogP contribution is -2.38. The molecule has 0 amide bonds. The van der Waals surface area contributed by atoms with Crippen LogP contribution in [0.5, 0.6) is 5.75 Å². The quantitative estimate of drug-likeness (QED) is 0.779. The molecule has 1 aromatic heterocycles. The molecule has 1 aliphatic rings. The Kier molecular flexibility index (Phi) is 4.79. The van der Waals surface area contributed by atoms with Gasteiger partial charge in [-0.15, -0.1) is 0 Å². The average molecular weight is 368 g/mol. The van der Waals surface area contributed by atoms with Gasteiger partial charge in [0.2, 0.25) is 0 Å². The monoisotopic (exact) mass is 368 g/mol. The summed E-state index contributed by atoms with van der Waals surface area (Å²) >= 11 is 0. The fourth-order valence-corrected chi connectivity index (χ4v) is 2.71. The standard InChI is InChI=1S/C17H20BF3N2O3/c1-11-16(2,3)26-18(25-11)14-10-23(22-15(14)17(19,20)21)9-12-5-7-13(24-4)8-6-12/h5-8,10-11H,9H2,1-4H3. The molecule has 0 bridgehead atoms. The van der Waals surface area contributed by atoms with Crippen molar-refractivity contribution in [2.45, 2.75) is 45.2 Å². The first-order chi connectivity index (χ1) is 12.1. The van der Waals surface area contributed by atoms with Crippen LogP contribution >= 0.6 is 0 Å². The van der Waals surface area contributed by atoms with Gasteiger partial charge in [-0.3, -0.25) is 4.68 Å². The minimum atomic E-state index is -4.59. The number of hydrogen-bond donors (Lipinski definition) is 0. The summed E-state index contributed by atoms with van der Waals surface area (Å²) in [6.45, 7) is 5.53. The molecule has 3 rings (SSSR count). The van der Waals surface area contributed by atoms with Crippen LogP contribution in [0.1, 0.15) is 32.0 Å². The second-order valence-corrected chi connectivity index (χ2v) is 6.81. The lowest BCUT2D eigenvalue weighted by Gasteiger charge is -2.21. The van der Waals surface area contributed by atoms with E-state index in [4.69, 9.17) is 14.0 Å². The van der Waals surface area contributed by atoms with E-state index in [-0.39, 0.29) is 18.1 Å². The molecule has 26 heavy (non-hydrogen) atoms. The van der Waals surface area contributed by atoms with Crippen molar-refractivity contribution >= 4 is 12.6 Å². The molecule has 0 saturated carbocycles. The number of halogens is 3. The van der Waals surface area contributed by atoms with Crippen LogP contribution in [0.2, 0.25) is 0 Å². The zero-order valence-corrected chi connectivity index (χ0v) is 15.0. The van der Waals surface area contributed by atoms with Crippen LogP contribution in [0.3, 0.4) is 0 Å². The predicted octanol–water partition coefficient (Wildman–Crippen LogP) is 2.87. The highest BCUT2D eigenvalue weighted by Crippen LogP contribution is 2.31. The predicted molar refractivity (Wildman–Crippen MR) is 90.4 cm³/mol. The normalized spacial score (nSPS) is 19.8. The first kappa shape index (κ1) is 18.8. The van der Waals surface area contributed by atoms with Gasteiger partial charge in [-0.05, 0) is 38.5 Å². The van der Waals surface area contributed by atoms with Crippen LogP contribution in [0.4, 0.5) is 13.2 Å². The van der Waals surface area contributed by atoms with Gasteiger partial charge in [0, 0.05) is 11.7 Å². The Hall–Kier alpha value is -2.00. The number of rotatable bonds is 4. The van der Waals surface area contributed by atoms with Crippen molar-refractivity contribution in [3.63, 3.8) is 0 Å². The van der Waals surface area contributed by atoms with Gasteiger partial charge in [0.05, 0.1) is 25.4 Å². The lowest BCUT2D eigenvalue weighted by molar-refractivity contribution is -0.140. The molecule has 0 spiro atoms. The third-order valence-corrected chi connectivity index (χ3v) is 4.53. The van der Waals surface area contributed by atoms with Gasteiger partial charge in [-0.1, -0.05) is 12.1 Å². The molecule has 9 heteroatoms. The van der Waals surface area contributed by atoms with Crippen LogP contribution in [-0.2, 0) is 22.0 Å². The summed E-state index contributed by atoms with van der Waals surface area (Å²) in [6.07, 6.45) is -3.59. The van der Waals surface area contributed by atoms with Gasteiger partial charge < -0.3 is 14.0 Å². The maximum atomic E-state index is 13.4. The smallest absolute Gasteiger partial charge is 0.497 e. The summed E-state index contributed by atoms with van der Waals surface area (Å²) in [7, 11) is 0.454. The molecule has 1 aromatic carbocycles. The van der Waals surface area contributed by atoms with Crippen LogP contribution in [0, 0.1) is 0 Å². The molecule has 0 N–H and O–H groups in total. The largest absolute Gasteiger partial charge is 0.498 e. The van der Waals surface area contributed by atoms with Crippen LogP contribution in [0.15, 0.2) is 30.5 Å². The Bertz CT molecular complexity index is 775. The molecule has 2 aromatic rings. The van der Waals surface area contributed by atoms with Gasteiger partial charge in [-0.2, -0.15) is 18.3 Å². The summed E-state index contributed by atoms with van der Waals surface area (Å²) in [5, 5.41) is 3.74. The molecule has 140 valence electrons. The SMILES string of the molecule is COc1ccc(Cn2cc(B3OC(C)C(C)(C)O3)c(C(F)(F)F)n2)cc1. The van der Waals surface area contributed by atoms with Crippen LogP contribution in [0.25, 0.3) is 0 Å². The van der Waals surface area contributed by atoms with E-state index >= 15 is 0 Å². The summed E-state index contributed by atoms with van der Waals surface area (Å²) in [5.41, 5.74) is -0.967. The highest BCUT2D eigenvalue weighted by molar-refractivity contribution is 6.62. The molecule has 1 aliphatic heterocycles. The molecule has 1 unspecified atom stereocenters. The van der Waals surface area contributed by atoms with Gasteiger partial charge in [0.1, 0.15) is 5.75 Å². The first-order valence-electron chi connectivity index (χ1n) is 8.21. The molecule has 0 radical (unpaired) electrons. The average Bonchev–Trinajstić information content (AvgIpc) is 3.09. The van der Waals surface area contributed by atoms with Crippen molar-refractivity contribution in [1.82, 2.24) is 9.78 Å². The second-order valence-electron chi connectivity index (χ2n) is 6.81. The topological polar surface area (TPSA) is 45.5 Å². The maximum absolute atomic E-state index is 13.4. The summed E-state index contributed by atoms with van der Waals surface area (Å²) in [5.74, 6) is 0.676. The molecular formula is C17H20BF3N2O3. The zero-order chi connectivity index (χ0) is 19.1. The molecular weight excluding hydrogens is 348 g/mol. The van der Waals surface area contributed by atoms with E-state index in [0.29, 0.717) is 5.75 Å². The lowest BCUT2D eigenvalue weighted by atomic mass is 9.79. The number of methoxy groups -OCH3 is 1. The molecule has 0 aliphatic carbocycles. The van der Waals surface area contributed by atoms with E-state index in [1.165, 1.54) is 10.9 Å². The van der Waals surface area contributed by atoms with Crippen molar-refractivity contribution in [3.05, 3.63) is 41.7 Å². The second kappa shape index (κ2) is 6.63. The van der Waals surface area contributed by atoms with Crippen molar-refractivity contribution in [1.29, 1.82) is 0 Å². The van der Waals surface area contributed by atoms with Gasteiger partial charge in [-0.25, -0.2) is 0 Å².